The summed E-state index contributed by atoms with van der Waals surface area (Å²) in [5, 5.41) is 4.18. The van der Waals surface area contributed by atoms with E-state index in [0.29, 0.717) is 6.04 Å². The van der Waals surface area contributed by atoms with Crippen LogP contribution < -0.4 is 5.32 Å². The van der Waals surface area contributed by atoms with Crippen LogP contribution in [0.5, 0.6) is 0 Å². The molecule has 0 spiro atoms. The van der Waals surface area contributed by atoms with Crippen LogP contribution in [0.1, 0.15) is 11.8 Å². The molecule has 0 radical (unpaired) electrons. The summed E-state index contributed by atoms with van der Waals surface area (Å²) >= 11 is 0. The van der Waals surface area contributed by atoms with Gasteiger partial charge in [-0.1, -0.05) is 0 Å². The monoisotopic (exact) mass is 291 g/mol. The Morgan fingerprint density at radius 2 is 2.10 bits per heavy atom. The SMILES string of the molecule is CNC(c1cc2cc(F)ccc2o1)C1CN(C)CCN1C. The number of hydrogen-bond acceptors (Lipinski definition) is 4. The van der Waals surface area contributed by atoms with Crippen molar-refractivity contribution in [2.45, 2.75) is 12.1 Å². The van der Waals surface area contributed by atoms with Crippen molar-refractivity contribution in [3.05, 3.63) is 35.8 Å². The van der Waals surface area contributed by atoms with Gasteiger partial charge in [-0.25, -0.2) is 4.39 Å². The molecule has 0 amide bonds. The first-order valence-corrected chi connectivity index (χ1v) is 7.33. The molecule has 1 N–H and O–H groups in total. The van der Waals surface area contributed by atoms with Gasteiger partial charge in [0.2, 0.25) is 0 Å². The number of piperazine rings is 1. The topological polar surface area (TPSA) is 31.7 Å². The molecule has 1 aliphatic heterocycles. The fraction of sp³-hybridized carbons (Fsp3) is 0.500. The fourth-order valence-corrected chi connectivity index (χ4v) is 3.12. The number of halogens is 1. The van der Waals surface area contributed by atoms with Gasteiger partial charge in [0, 0.05) is 31.1 Å². The lowest BCUT2D eigenvalue weighted by molar-refractivity contribution is 0.0842. The molecule has 4 nitrogen and oxygen atoms in total. The van der Waals surface area contributed by atoms with Crippen molar-refractivity contribution in [1.29, 1.82) is 0 Å². The highest BCUT2D eigenvalue weighted by atomic mass is 19.1. The van der Waals surface area contributed by atoms with Crippen LogP contribution in [0, 0.1) is 5.82 Å². The van der Waals surface area contributed by atoms with E-state index in [1.807, 2.05) is 13.1 Å². The van der Waals surface area contributed by atoms with Gasteiger partial charge in [0.05, 0.1) is 6.04 Å². The van der Waals surface area contributed by atoms with Crippen molar-refractivity contribution in [3.63, 3.8) is 0 Å². The fourth-order valence-electron chi connectivity index (χ4n) is 3.12. The van der Waals surface area contributed by atoms with Gasteiger partial charge in [0.25, 0.3) is 0 Å². The normalized spacial score (nSPS) is 22.8. The third-order valence-electron chi connectivity index (χ3n) is 4.40. The number of rotatable bonds is 3. The number of furan rings is 1. The van der Waals surface area contributed by atoms with Crippen molar-refractivity contribution in [1.82, 2.24) is 15.1 Å². The molecule has 2 atom stereocenters. The molecule has 1 saturated heterocycles. The van der Waals surface area contributed by atoms with E-state index in [9.17, 15) is 4.39 Å². The summed E-state index contributed by atoms with van der Waals surface area (Å²) in [6, 6.07) is 7.02. The predicted octanol–water partition coefficient (Wildman–Crippen LogP) is 2.08. The maximum atomic E-state index is 13.3. The van der Waals surface area contributed by atoms with E-state index >= 15 is 0 Å². The molecule has 2 heterocycles. The quantitative estimate of drug-likeness (QED) is 0.938. The molecule has 114 valence electrons. The maximum Gasteiger partial charge on any atom is 0.134 e. The second kappa shape index (κ2) is 5.75. The predicted molar refractivity (Wildman–Crippen MR) is 81.9 cm³/mol. The average molecular weight is 291 g/mol. The zero-order valence-electron chi connectivity index (χ0n) is 12.8. The van der Waals surface area contributed by atoms with Crippen LogP contribution in [-0.2, 0) is 0 Å². The smallest absolute Gasteiger partial charge is 0.134 e. The summed E-state index contributed by atoms with van der Waals surface area (Å²) in [7, 11) is 6.23. The lowest BCUT2D eigenvalue weighted by Gasteiger charge is -2.41. The Hall–Kier alpha value is -1.43. The Bertz CT molecular complexity index is 627. The molecule has 1 fully saturated rings. The van der Waals surface area contributed by atoms with E-state index in [4.69, 9.17) is 4.42 Å². The summed E-state index contributed by atoms with van der Waals surface area (Å²) < 4.78 is 19.3. The van der Waals surface area contributed by atoms with Gasteiger partial charge >= 0.3 is 0 Å². The van der Waals surface area contributed by atoms with Crippen LogP contribution in [0.25, 0.3) is 11.0 Å². The Balaban J connectivity index is 1.93. The molecule has 2 aromatic rings. The number of nitrogens with zero attached hydrogens (tertiary/aromatic N) is 2. The molecule has 3 rings (SSSR count). The van der Waals surface area contributed by atoms with Gasteiger partial charge < -0.3 is 14.6 Å². The highest BCUT2D eigenvalue weighted by Gasteiger charge is 2.32. The highest BCUT2D eigenvalue weighted by Crippen LogP contribution is 2.29. The molecule has 0 aliphatic carbocycles. The summed E-state index contributed by atoms with van der Waals surface area (Å²) in [5.74, 6) is 0.635. The van der Waals surface area contributed by atoms with Crippen molar-refractivity contribution in [2.75, 3.05) is 40.8 Å². The van der Waals surface area contributed by atoms with Gasteiger partial charge in [0.15, 0.2) is 0 Å². The molecule has 0 bridgehead atoms. The van der Waals surface area contributed by atoms with E-state index in [1.165, 1.54) is 12.1 Å². The van der Waals surface area contributed by atoms with Crippen LogP contribution in [0.4, 0.5) is 4.39 Å². The molecule has 0 saturated carbocycles. The molecular weight excluding hydrogens is 269 g/mol. The van der Waals surface area contributed by atoms with Crippen molar-refractivity contribution >= 4 is 11.0 Å². The lowest BCUT2D eigenvalue weighted by atomic mass is 10.0. The second-order valence-corrected chi connectivity index (χ2v) is 5.91. The second-order valence-electron chi connectivity index (χ2n) is 5.91. The van der Waals surface area contributed by atoms with Gasteiger partial charge in [-0.15, -0.1) is 0 Å². The van der Waals surface area contributed by atoms with Crippen LogP contribution >= 0.6 is 0 Å². The molecule has 1 aromatic carbocycles. The molecule has 1 aliphatic rings. The first kappa shape index (κ1) is 14.5. The summed E-state index contributed by atoms with van der Waals surface area (Å²) in [5.41, 5.74) is 0.735. The third-order valence-corrected chi connectivity index (χ3v) is 4.40. The van der Waals surface area contributed by atoms with Gasteiger partial charge in [-0.05, 0) is 45.4 Å². The van der Waals surface area contributed by atoms with E-state index in [1.54, 1.807) is 6.07 Å². The van der Waals surface area contributed by atoms with E-state index in [0.717, 1.165) is 36.4 Å². The lowest BCUT2D eigenvalue weighted by Crippen LogP contribution is -2.54. The Kier molecular flexibility index (Phi) is 3.97. The van der Waals surface area contributed by atoms with Gasteiger partial charge in [0.1, 0.15) is 17.2 Å². The number of nitrogens with one attached hydrogen (secondary N) is 1. The number of benzene rings is 1. The summed E-state index contributed by atoms with van der Waals surface area (Å²) in [6.45, 7) is 3.09. The number of hydrogen-bond donors (Lipinski definition) is 1. The Morgan fingerprint density at radius 3 is 2.86 bits per heavy atom. The minimum absolute atomic E-state index is 0.0909. The first-order valence-electron chi connectivity index (χ1n) is 7.33. The maximum absolute atomic E-state index is 13.3. The van der Waals surface area contributed by atoms with Crippen LogP contribution in [0.2, 0.25) is 0 Å². The Labute approximate surface area is 124 Å². The van der Waals surface area contributed by atoms with Crippen molar-refractivity contribution in [2.24, 2.45) is 0 Å². The van der Waals surface area contributed by atoms with E-state index in [2.05, 4.69) is 29.2 Å². The van der Waals surface area contributed by atoms with Crippen molar-refractivity contribution in [3.8, 4) is 0 Å². The zero-order chi connectivity index (χ0) is 15.0. The first-order chi connectivity index (χ1) is 10.1. The minimum atomic E-state index is -0.231. The van der Waals surface area contributed by atoms with E-state index < -0.39 is 0 Å². The van der Waals surface area contributed by atoms with Crippen LogP contribution in [0.15, 0.2) is 28.7 Å². The van der Waals surface area contributed by atoms with Crippen LogP contribution in [0.3, 0.4) is 0 Å². The standard InChI is InChI=1S/C16H22FN3O/c1-18-16(13-10-19(2)6-7-20(13)3)15-9-11-8-12(17)4-5-14(11)21-15/h4-5,8-9,13,16,18H,6-7,10H2,1-3H3. The van der Waals surface area contributed by atoms with Crippen molar-refractivity contribution < 1.29 is 8.81 Å². The summed E-state index contributed by atoms with van der Waals surface area (Å²) in [4.78, 5) is 4.69. The third kappa shape index (κ3) is 2.81. The molecule has 2 unspecified atom stereocenters. The minimum Gasteiger partial charge on any atom is -0.459 e. The largest absolute Gasteiger partial charge is 0.459 e. The van der Waals surface area contributed by atoms with Crippen LogP contribution in [-0.4, -0.2) is 56.6 Å². The van der Waals surface area contributed by atoms with Gasteiger partial charge in [-0.2, -0.15) is 0 Å². The zero-order valence-corrected chi connectivity index (χ0v) is 12.8. The molecular formula is C16H22FN3O. The average Bonchev–Trinajstić information content (AvgIpc) is 2.86. The number of likely N-dealkylation sites (N-methyl/N-ethyl adjacent to an activating group) is 3. The van der Waals surface area contributed by atoms with E-state index in [-0.39, 0.29) is 11.9 Å². The van der Waals surface area contributed by atoms with Gasteiger partial charge in [-0.3, -0.25) is 4.90 Å². The molecule has 21 heavy (non-hydrogen) atoms. The molecule has 1 aromatic heterocycles. The highest BCUT2D eigenvalue weighted by molar-refractivity contribution is 5.78. The molecule has 5 heteroatoms. The number of fused-ring (bicyclic) bond motifs is 1. The Morgan fingerprint density at radius 1 is 1.29 bits per heavy atom. The summed E-state index contributed by atoms with van der Waals surface area (Å²) in [6.07, 6.45) is 0.